The quantitative estimate of drug-likeness (QED) is 0.681. The maximum Gasteiger partial charge on any atom is 0.312 e. The number of carbonyl (C=O) groups excluding carboxylic acids is 3. The molecule has 3 N–H and O–H groups in total. The van der Waals surface area contributed by atoms with Gasteiger partial charge >= 0.3 is 6.03 Å². The van der Waals surface area contributed by atoms with Crippen molar-refractivity contribution in [3.8, 4) is 5.75 Å². The monoisotopic (exact) mass is 402 g/mol. The van der Waals surface area contributed by atoms with Gasteiger partial charge in [0, 0.05) is 26.1 Å². The number of benzene rings is 1. The summed E-state index contributed by atoms with van der Waals surface area (Å²) in [6.07, 6.45) is 5.20. The lowest BCUT2D eigenvalue weighted by molar-refractivity contribution is -0.139. The van der Waals surface area contributed by atoms with Crippen molar-refractivity contribution < 1.29 is 19.1 Å². The number of fused-ring (bicyclic) bond motifs is 1. The SMILES string of the molecule is NC(=O)NCCCCCC(=O)N1C[C@H](C(=O)N2CCCCC2)Oc2ccccc21. The summed E-state index contributed by atoms with van der Waals surface area (Å²) in [5, 5.41) is 2.54. The molecule has 0 aromatic heterocycles. The molecule has 3 rings (SSSR count). The van der Waals surface area contributed by atoms with Gasteiger partial charge in [0.15, 0.2) is 6.10 Å². The second-order valence-electron chi connectivity index (χ2n) is 7.57. The minimum atomic E-state index is -0.660. The number of likely N-dealkylation sites (tertiary alicyclic amines) is 1. The van der Waals surface area contributed by atoms with Gasteiger partial charge in [-0.3, -0.25) is 9.59 Å². The van der Waals surface area contributed by atoms with Crippen molar-refractivity contribution >= 4 is 23.5 Å². The van der Waals surface area contributed by atoms with E-state index in [1.165, 1.54) is 0 Å². The summed E-state index contributed by atoms with van der Waals surface area (Å²) >= 11 is 0. The van der Waals surface area contributed by atoms with E-state index in [9.17, 15) is 14.4 Å². The number of nitrogens with one attached hydrogen (secondary N) is 1. The number of unbranched alkanes of at least 4 members (excludes halogenated alkanes) is 2. The van der Waals surface area contributed by atoms with E-state index < -0.39 is 12.1 Å². The number of piperidine rings is 1. The Bertz CT molecular complexity index is 733. The Labute approximate surface area is 171 Å². The lowest BCUT2D eigenvalue weighted by Crippen LogP contribution is -2.52. The van der Waals surface area contributed by atoms with Crippen LogP contribution < -0.4 is 20.7 Å². The van der Waals surface area contributed by atoms with E-state index in [1.54, 1.807) is 11.0 Å². The first-order chi connectivity index (χ1) is 14.1. The molecule has 2 aliphatic rings. The molecule has 0 spiro atoms. The van der Waals surface area contributed by atoms with Gasteiger partial charge in [0.1, 0.15) is 5.75 Å². The summed E-state index contributed by atoms with van der Waals surface area (Å²) in [4.78, 5) is 40.1. The predicted octanol–water partition coefficient (Wildman–Crippen LogP) is 2.02. The summed E-state index contributed by atoms with van der Waals surface area (Å²) in [6, 6.07) is 6.84. The molecule has 2 heterocycles. The van der Waals surface area contributed by atoms with E-state index >= 15 is 0 Å². The predicted molar refractivity (Wildman–Crippen MR) is 110 cm³/mol. The fraction of sp³-hybridized carbons (Fsp3) is 0.571. The van der Waals surface area contributed by atoms with Crippen molar-refractivity contribution in [1.82, 2.24) is 10.2 Å². The van der Waals surface area contributed by atoms with Crippen LogP contribution in [-0.4, -0.2) is 55.0 Å². The first-order valence-corrected chi connectivity index (χ1v) is 10.4. The molecule has 1 aromatic rings. The Balaban J connectivity index is 1.59. The van der Waals surface area contributed by atoms with Crippen LogP contribution in [0, 0.1) is 0 Å². The zero-order valence-corrected chi connectivity index (χ0v) is 16.8. The van der Waals surface area contributed by atoms with E-state index in [2.05, 4.69) is 5.32 Å². The smallest absolute Gasteiger partial charge is 0.312 e. The molecule has 0 unspecified atom stereocenters. The Hall–Kier alpha value is -2.77. The van der Waals surface area contributed by atoms with Crippen LogP contribution in [0.2, 0.25) is 0 Å². The molecule has 1 fully saturated rings. The second-order valence-corrected chi connectivity index (χ2v) is 7.57. The Morgan fingerprint density at radius 2 is 1.83 bits per heavy atom. The minimum absolute atomic E-state index is 0.0138. The van der Waals surface area contributed by atoms with E-state index in [0.717, 1.165) is 50.9 Å². The van der Waals surface area contributed by atoms with E-state index in [1.807, 2.05) is 23.1 Å². The van der Waals surface area contributed by atoms with Crippen LogP contribution in [-0.2, 0) is 9.59 Å². The van der Waals surface area contributed by atoms with E-state index in [4.69, 9.17) is 10.5 Å². The number of para-hydroxylation sites is 2. The van der Waals surface area contributed by atoms with Gasteiger partial charge < -0.3 is 25.6 Å². The highest BCUT2D eigenvalue weighted by atomic mass is 16.5. The maximum atomic E-state index is 12.9. The largest absolute Gasteiger partial charge is 0.476 e. The highest BCUT2D eigenvalue weighted by Gasteiger charge is 2.35. The van der Waals surface area contributed by atoms with Gasteiger partial charge in [-0.2, -0.15) is 0 Å². The molecule has 0 radical (unpaired) electrons. The highest BCUT2D eigenvalue weighted by Crippen LogP contribution is 2.34. The number of primary amides is 1. The zero-order chi connectivity index (χ0) is 20.6. The van der Waals surface area contributed by atoms with Crippen molar-refractivity contribution in [3.63, 3.8) is 0 Å². The molecule has 1 atom stereocenters. The number of amides is 4. The van der Waals surface area contributed by atoms with Crippen molar-refractivity contribution in [2.45, 2.75) is 51.0 Å². The summed E-state index contributed by atoms with van der Waals surface area (Å²) in [6.45, 7) is 2.27. The zero-order valence-electron chi connectivity index (χ0n) is 16.8. The number of rotatable bonds is 7. The Morgan fingerprint density at radius 1 is 1.07 bits per heavy atom. The molecular formula is C21H30N4O4. The van der Waals surface area contributed by atoms with Gasteiger partial charge in [0.25, 0.3) is 5.91 Å². The number of ether oxygens (including phenoxy) is 1. The van der Waals surface area contributed by atoms with E-state index in [-0.39, 0.29) is 18.4 Å². The Morgan fingerprint density at radius 3 is 2.59 bits per heavy atom. The fourth-order valence-corrected chi connectivity index (χ4v) is 3.84. The van der Waals surface area contributed by atoms with Crippen molar-refractivity contribution in [3.05, 3.63) is 24.3 Å². The standard InChI is InChI=1S/C21H30N4O4/c22-21(28)23-12-6-1-3-11-19(26)25-15-18(20(27)24-13-7-2-8-14-24)29-17-10-5-4-9-16(17)25/h4-5,9-10,18H,1-3,6-8,11-15H2,(H3,22,23,28)/t18-/m1/s1. The average Bonchev–Trinajstić information content (AvgIpc) is 2.75. The molecule has 158 valence electrons. The van der Waals surface area contributed by atoms with Crippen molar-refractivity contribution in [2.24, 2.45) is 5.73 Å². The normalized spacial score (nSPS) is 18.6. The molecule has 1 aromatic carbocycles. The minimum Gasteiger partial charge on any atom is -0.476 e. The molecule has 0 aliphatic carbocycles. The van der Waals surface area contributed by atoms with Crippen LogP contribution in [0.15, 0.2) is 24.3 Å². The van der Waals surface area contributed by atoms with Gasteiger partial charge in [0.05, 0.1) is 12.2 Å². The first-order valence-electron chi connectivity index (χ1n) is 10.4. The van der Waals surface area contributed by atoms with Gasteiger partial charge in [-0.1, -0.05) is 18.6 Å². The van der Waals surface area contributed by atoms with Gasteiger partial charge in [-0.15, -0.1) is 0 Å². The topological polar surface area (TPSA) is 105 Å². The van der Waals surface area contributed by atoms with Gasteiger partial charge in [0.2, 0.25) is 5.91 Å². The number of hydrogen-bond acceptors (Lipinski definition) is 4. The number of hydrogen-bond donors (Lipinski definition) is 2. The van der Waals surface area contributed by atoms with Crippen LogP contribution >= 0.6 is 0 Å². The average molecular weight is 402 g/mol. The molecule has 8 heteroatoms. The number of nitrogens with two attached hydrogens (primary N) is 1. The van der Waals surface area contributed by atoms with Crippen LogP contribution in [0.1, 0.15) is 44.9 Å². The van der Waals surface area contributed by atoms with Crippen LogP contribution in [0.25, 0.3) is 0 Å². The number of anilines is 1. The molecule has 0 saturated carbocycles. The molecule has 29 heavy (non-hydrogen) atoms. The Kier molecular flexibility index (Phi) is 7.32. The van der Waals surface area contributed by atoms with Crippen LogP contribution in [0.5, 0.6) is 5.75 Å². The summed E-state index contributed by atoms with van der Waals surface area (Å²) < 4.78 is 5.97. The third-order valence-corrected chi connectivity index (χ3v) is 5.38. The number of carbonyl (C=O) groups is 3. The maximum absolute atomic E-state index is 12.9. The number of nitrogens with zero attached hydrogens (tertiary/aromatic N) is 2. The lowest BCUT2D eigenvalue weighted by atomic mass is 10.1. The molecule has 8 nitrogen and oxygen atoms in total. The van der Waals surface area contributed by atoms with Gasteiger partial charge in [-0.05, 0) is 44.2 Å². The molecular weight excluding hydrogens is 372 g/mol. The highest BCUT2D eigenvalue weighted by molar-refractivity contribution is 5.97. The summed E-state index contributed by atoms with van der Waals surface area (Å²) in [5.74, 6) is 0.530. The first kappa shape index (κ1) is 21.0. The van der Waals surface area contributed by atoms with Crippen molar-refractivity contribution in [2.75, 3.05) is 31.1 Å². The molecule has 4 amide bonds. The lowest BCUT2D eigenvalue weighted by Gasteiger charge is -2.37. The van der Waals surface area contributed by atoms with Gasteiger partial charge in [-0.25, -0.2) is 4.79 Å². The second kappa shape index (κ2) is 10.1. The third kappa shape index (κ3) is 5.62. The summed E-state index contributed by atoms with van der Waals surface area (Å²) in [7, 11) is 0. The third-order valence-electron chi connectivity index (χ3n) is 5.38. The van der Waals surface area contributed by atoms with Crippen molar-refractivity contribution in [1.29, 1.82) is 0 Å². The fourth-order valence-electron chi connectivity index (χ4n) is 3.84. The van der Waals surface area contributed by atoms with Crippen LogP contribution in [0.3, 0.4) is 0 Å². The molecule has 2 aliphatic heterocycles. The number of urea groups is 1. The summed E-state index contributed by atoms with van der Waals surface area (Å²) in [5.41, 5.74) is 5.75. The molecule has 0 bridgehead atoms. The van der Waals surface area contributed by atoms with Crippen LogP contribution in [0.4, 0.5) is 10.5 Å². The molecule has 1 saturated heterocycles. The van der Waals surface area contributed by atoms with E-state index in [0.29, 0.717) is 25.1 Å².